The SMILES string of the molecule is C[C@H]1CC[C@@H](COc2cccnc2)N1C. The maximum absolute atomic E-state index is 5.70. The van der Waals surface area contributed by atoms with Crippen molar-refractivity contribution >= 4 is 0 Å². The van der Waals surface area contributed by atoms with Gasteiger partial charge in [-0.25, -0.2) is 0 Å². The first kappa shape index (κ1) is 10.4. The molecule has 0 saturated carbocycles. The summed E-state index contributed by atoms with van der Waals surface area (Å²) < 4.78 is 5.70. The van der Waals surface area contributed by atoms with E-state index in [9.17, 15) is 0 Å². The molecule has 0 N–H and O–H groups in total. The normalized spacial score (nSPS) is 26.8. The molecule has 0 unspecified atom stereocenters. The summed E-state index contributed by atoms with van der Waals surface area (Å²) in [5.74, 6) is 0.866. The van der Waals surface area contributed by atoms with Crippen molar-refractivity contribution in [3.05, 3.63) is 24.5 Å². The van der Waals surface area contributed by atoms with Crippen LogP contribution in [0.4, 0.5) is 0 Å². The number of ether oxygens (including phenoxy) is 1. The van der Waals surface area contributed by atoms with Crippen molar-refractivity contribution in [2.24, 2.45) is 0 Å². The van der Waals surface area contributed by atoms with Crippen LogP contribution >= 0.6 is 0 Å². The summed E-state index contributed by atoms with van der Waals surface area (Å²) in [7, 11) is 2.18. The number of nitrogens with zero attached hydrogens (tertiary/aromatic N) is 2. The molecule has 2 rings (SSSR count). The van der Waals surface area contributed by atoms with E-state index >= 15 is 0 Å². The summed E-state index contributed by atoms with van der Waals surface area (Å²) in [5, 5.41) is 0. The average Bonchev–Trinajstić information content (AvgIpc) is 2.59. The molecule has 1 aliphatic heterocycles. The van der Waals surface area contributed by atoms with Crippen LogP contribution in [0.25, 0.3) is 0 Å². The van der Waals surface area contributed by atoms with Gasteiger partial charge in [0.2, 0.25) is 0 Å². The Bertz CT molecular complexity index is 302. The second-order valence-electron chi connectivity index (χ2n) is 4.25. The molecule has 0 amide bonds. The first-order valence-corrected chi connectivity index (χ1v) is 5.52. The Morgan fingerprint density at radius 2 is 2.40 bits per heavy atom. The summed E-state index contributed by atoms with van der Waals surface area (Å²) in [5.41, 5.74) is 0. The number of hydrogen-bond acceptors (Lipinski definition) is 3. The van der Waals surface area contributed by atoms with E-state index in [0.29, 0.717) is 12.1 Å². The van der Waals surface area contributed by atoms with E-state index in [2.05, 4.69) is 23.9 Å². The highest BCUT2D eigenvalue weighted by Gasteiger charge is 2.27. The summed E-state index contributed by atoms with van der Waals surface area (Å²) in [6.45, 7) is 3.04. The predicted octanol–water partition coefficient (Wildman–Crippen LogP) is 1.94. The third-order valence-corrected chi connectivity index (χ3v) is 3.27. The molecule has 82 valence electrons. The zero-order chi connectivity index (χ0) is 10.7. The standard InChI is InChI=1S/C12H18N2O/c1-10-5-6-11(14(10)2)9-15-12-4-3-7-13-8-12/h3-4,7-8,10-11H,5-6,9H2,1-2H3/t10-,11-/m0/s1. The highest BCUT2D eigenvalue weighted by atomic mass is 16.5. The van der Waals surface area contributed by atoms with E-state index in [1.807, 2.05) is 12.1 Å². The van der Waals surface area contributed by atoms with Gasteiger partial charge in [-0.3, -0.25) is 9.88 Å². The monoisotopic (exact) mass is 206 g/mol. The van der Waals surface area contributed by atoms with E-state index in [4.69, 9.17) is 4.74 Å². The van der Waals surface area contributed by atoms with E-state index in [1.54, 1.807) is 12.4 Å². The van der Waals surface area contributed by atoms with Crippen molar-refractivity contribution in [2.45, 2.75) is 31.8 Å². The number of rotatable bonds is 3. The molecule has 0 aromatic carbocycles. The predicted molar refractivity (Wildman–Crippen MR) is 60.0 cm³/mol. The van der Waals surface area contributed by atoms with Gasteiger partial charge in [0.05, 0.1) is 6.20 Å². The van der Waals surface area contributed by atoms with Crippen molar-refractivity contribution in [1.82, 2.24) is 9.88 Å². The molecule has 0 aliphatic carbocycles. The Hall–Kier alpha value is -1.09. The minimum absolute atomic E-state index is 0.556. The summed E-state index contributed by atoms with van der Waals surface area (Å²) in [6.07, 6.45) is 6.03. The Morgan fingerprint density at radius 1 is 1.53 bits per heavy atom. The second kappa shape index (κ2) is 4.62. The number of pyridine rings is 1. The largest absolute Gasteiger partial charge is 0.490 e. The molecule has 0 spiro atoms. The number of hydrogen-bond donors (Lipinski definition) is 0. The quantitative estimate of drug-likeness (QED) is 0.755. The summed E-state index contributed by atoms with van der Waals surface area (Å²) >= 11 is 0. The van der Waals surface area contributed by atoms with Gasteiger partial charge in [-0.05, 0) is 38.9 Å². The van der Waals surface area contributed by atoms with Gasteiger partial charge in [-0.15, -0.1) is 0 Å². The Balaban J connectivity index is 1.84. The number of aromatic nitrogens is 1. The van der Waals surface area contributed by atoms with Crippen LogP contribution in [0.2, 0.25) is 0 Å². The summed E-state index contributed by atoms with van der Waals surface area (Å²) in [6, 6.07) is 5.09. The van der Waals surface area contributed by atoms with Gasteiger partial charge in [-0.2, -0.15) is 0 Å². The van der Waals surface area contributed by atoms with Gasteiger partial charge in [0.15, 0.2) is 0 Å². The highest BCUT2D eigenvalue weighted by Crippen LogP contribution is 2.22. The molecule has 1 aliphatic rings. The molecule has 1 saturated heterocycles. The average molecular weight is 206 g/mol. The highest BCUT2D eigenvalue weighted by molar-refractivity contribution is 5.15. The third kappa shape index (κ3) is 2.48. The van der Waals surface area contributed by atoms with Gasteiger partial charge in [-0.1, -0.05) is 0 Å². The van der Waals surface area contributed by atoms with E-state index < -0.39 is 0 Å². The molecule has 1 aromatic rings. The van der Waals surface area contributed by atoms with E-state index in [-0.39, 0.29) is 0 Å². The lowest BCUT2D eigenvalue weighted by Gasteiger charge is -2.23. The van der Waals surface area contributed by atoms with Crippen LogP contribution < -0.4 is 4.74 Å². The summed E-state index contributed by atoms with van der Waals surface area (Å²) in [4.78, 5) is 6.42. The van der Waals surface area contributed by atoms with Gasteiger partial charge >= 0.3 is 0 Å². The smallest absolute Gasteiger partial charge is 0.137 e. The van der Waals surface area contributed by atoms with Crippen LogP contribution in [0, 0.1) is 0 Å². The molecular formula is C12H18N2O. The molecule has 0 radical (unpaired) electrons. The molecule has 0 bridgehead atoms. The second-order valence-corrected chi connectivity index (χ2v) is 4.25. The molecule has 1 fully saturated rings. The lowest BCUT2D eigenvalue weighted by atomic mass is 10.2. The van der Waals surface area contributed by atoms with Crippen molar-refractivity contribution < 1.29 is 4.74 Å². The zero-order valence-electron chi connectivity index (χ0n) is 9.39. The van der Waals surface area contributed by atoms with Crippen LogP contribution in [-0.4, -0.2) is 35.6 Å². The molecular weight excluding hydrogens is 188 g/mol. The fourth-order valence-corrected chi connectivity index (χ4v) is 2.03. The van der Waals surface area contributed by atoms with Gasteiger partial charge in [0.1, 0.15) is 12.4 Å². The Kier molecular flexibility index (Phi) is 3.21. The fraction of sp³-hybridized carbons (Fsp3) is 0.583. The Morgan fingerprint density at radius 3 is 3.00 bits per heavy atom. The lowest BCUT2D eigenvalue weighted by molar-refractivity contribution is 0.174. The number of likely N-dealkylation sites (tertiary alicyclic amines) is 1. The molecule has 1 aromatic heterocycles. The zero-order valence-corrected chi connectivity index (χ0v) is 9.39. The van der Waals surface area contributed by atoms with Crippen LogP contribution in [0.5, 0.6) is 5.75 Å². The number of likely N-dealkylation sites (N-methyl/N-ethyl adjacent to an activating group) is 1. The minimum Gasteiger partial charge on any atom is -0.490 e. The molecule has 2 atom stereocenters. The minimum atomic E-state index is 0.556. The Labute approximate surface area is 91.1 Å². The molecule has 2 heterocycles. The third-order valence-electron chi connectivity index (χ3n) is 3.27. The van der Waals surface area contributed by atoms with E-state index in [0.717, 1.165) is 12.4 Å². The first-order chi connectivity index (χ1) is 7.27. The molecule has 3 nitrogen and oxygen atoms in total. The topological polar surface area (TPSA) is 25.4 Å². The first-order valence-electron chi connectivity index (χ1n) is 5.52. The van der Waals surface area contributed by atoms with Gasteiger partial charge in [0, 0.05) is 18.3 Å². The maximum atomic E-state index is 5.70. The van der Waals surface area contributed by atoms with Crippen molar-refractivity contribution in [1.29, 1.82) is 0 Å². The van der Waals surface area contributed by atoms with Crippen molar-refractivity contribution in [3.8, 4) is 5.75 Å². The van der Waals surface area contributed by atoms with Crippen LogP contribution in [-0.2, 0) is 0 Å². The van der Waals surface area contributed by atoms with Crippen LogP contribution in [0.15, 0.2) is 24.5 Å². The van der Waals surface area contributed by atoms with Crippen LogP contribution in [0.3, 0.4) is 0 Å². The lowest BCUT2D eigenvalue weighted by Crippen LogP contribution is -2.34. The van der Waals surface area contributed by atoms with Crippen LogP contribution in [0.1, 0.15) is 19.8 Å². The molecule has 15 heavy (non-hydrogen) atoms. The van der Waals surface area contributed by atoms with E-state index in [1.165, 1.54) is 12.8 Å². The van der Waals surface area contributed by atoms with Crippen molar-refractivity contribution in [2.75, 3.05) is 13.7 Å². The van der Waals surface area contributed by atoms with Crippen molar-refractivity contribution in [3.63, 3.8) is 0 Å². The van der Waals surface area contributed by atoms with Gasteiger partial charge in [0.25, 0.3) is 0 Å². The maximum Gasteiger partial charge on any atom is 0.137 e. The molecule has 3 heteroatoms. The van der Waals surface area contributed by atoms with Gasteiger partial charge < -0.3 is 4.74 Å². The fourth-order valence-electron chi connectivity index (χ4n) is 2.03.